The Bertz CT molecular complexity index is 443. The molecule has 1 atom stereocenters. The Morgan fingerprint density at radius 2 is 2.10 bits per heavy atom. The molecule has 2 heterocycles. The minimum absolute atomic E-state index is 0.502. The van der Waals surface area contributed by atoms with E-state index in [2.05, 4.69) is 56.6 Å². The van der Waals surface area contributed by atoms with Crippen LogP contribution in [0.1, 0.15) is 51.1 Å². The quantitative estimate of drug-likeness (QED) is 0.856. The molecule has 2 rings (SSSR count). The summed E-state index contributed by atoms with van der Waals surface area (Å²) < 4.78 is 0. The van der Waals surface area contributed by atoms with Crippen LogP contribution in [-0.2, 0) is 6.54 Å². The summed E-state index contributed by atoms with van der Waals surface area (Å²) in [6.07, 6.45) is 0. The standard InChI is InChI=1S/C16H29N3S2/c1-11(2)8-17-9-14-15(12(3)4)18-16(21-14)19-6-7-20-13(5)10-19/h11-13,17H,6-10H2,1-5H3. The second-order valence-electron chi connectivity index (χ2n) is 6.61. The van der Waals surface area contributed by atoms with Gasteiger partial charge >= 0.3 is 0 Å². The van der Waals surface area contributed by atoms with Crippen LogP contribution in [0.15, 0.2) is 0 Å². The molecule has 0 saturated carbocycles. The topological polar surface area (TPSA) is 28.2 Å². The molecule has 1 aliphatic rings. The van der Waals surface area contributed by atoms with Gasteiger partial charge in [0.15, 0.2) is 5.13 Å². The Hall–Kier alpha value is -0.260. The zero-order valence-electron chi connectivity index (χ0n) is 14.0. The Morgan fingerprint density at radius 1 is 1.33 bits per heavy atom. The molecule has 5 heteroatoms. The molecule has 0 bridgehead atoms. The van der Waals surface area contributed by atoms with Gasteiger partial charge in [0.05, 0.1) is 5.69 Å². The maximum Gasteiger partial charge on any atom is 0.185 e. The van der Waals surface area contributed by atoms with E-state index in [-0.39, 0.29) is 0 Å². The van der Waals surface area contributed by atoms with Gasteiger partial charge in [-0.3, -0.25) is 0 Å². The number of anilines is 1. The highest BCUT2D eigenvalue weighted by Crippen LogP contribution is 2.33. The zero-order valence-corrected chi connectivity index (χ0v) is 15.6. The number of nitrogens with one attached hydrogen (secondary N) is 1. The first kappa shape index (κ1) is 17.1. The average molecular weight is 328 g/mol. The molecule has 0 aromatic carbocycles. The van der Waals surface area contributed by atoms with Gasteiger partial charge in [0.25, 0.3) is 0 Å². The van der Waals surface area contributed by atoms with Gasteiger partial charge in [-0.2, -0.15) is 11.8 Å². The summed E-state index contributed by atoms with van der Waals surface area (Å²) >= 11 is 3.96. The van der Waals surface area contributed by atoms with Gasteiger partial charge in [0.2, 0.25) is 0 Å². The number of aromatic nitrogens is 1. The normalized spacial score (nSPS) is 19.8. The molecule has 3 nitrogen and oxygen atoms in total. The maximum atomic E-state index is 4.96. The summed E-state index contributed by atoms with van der Waals surface area (Å²) in [7, 11) is 0. The van der Waals surface area contributed by atoms with E-state index in [1.54, 1.807) is 0 Å². The Kier molecular flexibility index (Phi) is 6.38. The highest BCUT2D eigenvalue weighted by Gasteiger charge is 2.22. The highest BCUT2D eigenvalue weighted by molar-refractivity contribution is 8.00. The molecule has 120 valence electrons. The molecule has 1 unspecified atom stereocenters. The Labute approximate surface area is 137 Å². The number of rotatable bonds is 6. The second-order valence-corrected chi connectivity index (χ2v) is 9.22. The lowest BCUT2D eigenvalue weighted by molar-refractivity contribution is 0.552. The van der Waals surface area contributed by atoms with E-state index < -0.39 is 0 Å². The largest absolute Gasteiger partial charge is 0.346 e. The minimum atomic E-state index is 0.502. The fourth-order valence-corrected chi connectivity index (χ4v) is 4.76. The van der Waals surface area contributed by atoms with E-state index in [9.17, 15) is 0 Å². The SMILES string of the molecule is CC(C)CNCc1sc(N2CCSC(C)C2)nc1C(C)C. The summed E-state index contributed by atoms with van der Waals surface area (Å²) in [5.74, 6) is 2.42. The maximum absolute atomic E-state index is 4.96. The highest BCUT2D eigenvalue weighted by atomic mass is 32.2. The molecule has 1 fully saturated rings. The Balaban J connectivity index is 2.08. The van der Waals surface area contributed by atoms with Crippen molar-refractivity contribution in [3.05, 3.63) is 10.6 Å². The average Bonchev–Trinajstić information content (AvgIpc) is 2.82. The van der Waals surface area contributed by atoms with Crippen molar-refractivity contribution in [2.24, 2.45) is 5.92 Å². The number of nitrogens with zero attached hydrogens (tertiary/aromatic N) is 2. The van der Waals surface area contributed by atoms with Gasteiger partial charge in [-0.15, -0.1) is 11.3 Å². The number of hydrogen-bond acceptors (Lipinski definition) is 5. The van der Waals surface area contributed by atoms with Crippen molar-refractivity contribution in [3.63, 3.8) is 0 Å². The van der Waals surface area contributed by atoms with E-state index in [4.69, 9.17) is 4.98 Å². The van der Waals surface area contributed by atoms with Crippen molar-refractivity contribution in [2.75, 3.05) is 30.3 Å². The fraction of sp³-hybridized carbons (Fsp3) is 0.812. The third-order valence-corrected chi connectivity index (χ3v) is 5.88. The van der Waals surface area contributed by atoms with Gasteiger partial charge in [-0.25, -0.2) is 4.98 Å². The molecule has 0 radical (unpaired) electrons. The van der Waals surface area contributed by atoms with Crippen LogP contribution in [0.2, 0.25) is 0 Å². The minimum Gasteiger partial charge on any atom is -0.346 e. The van der Waals surface area contributed by atoms with Crippen molar-refractivity contribution < 1.29 is 0 Å². The van der Waals surface area contributed by atoms with Crippen molar-refractivity contribution in [1.82, 2.24) is 10.3 Å². The molecule has 1 aliphatic heterocycles. The first-order valence-corrected chi connectivity index (χ1v) is 9.90. The van der Waals surface area contributed by atoms with Crippen LogP contribution in [0.4, 0.5) is 5.13 Å². The number of hydrogen-bond donors (Lipinski definition) is 1. The van der Waals surface area contributed by atoms with E-state index in [1.165, 1.54) is 21.5 Å². The molecular formula is C16H29N3S2. The second kappa shape index (κ2) is 7.84. The monoisotopic (exact) mass is 327 g/mol. The molecule has 1 saturated heterocycles. The third-order valence-electron chi connectivity index (χ3n) is 3.61. The lowest BCUT2D eigenvalue weighted by Gasteiger charge is -2.30. The number of thioether (sulfide) groups is 1. The lowest BCUT2D eigenvalue weighted by atomic mass is 10.1. The van der Waals surface area contributed by atoms with E-state index >= 15 is 0 Å². The van der Waals surface area contributed by atoms with Crippen molar-refractivity contribution in [2.45, 2.75) is 52.3 Å². The summed E-state index contributed by atoms with van der Waals surface area (Å²) in [5.41, 5.74) is 1.29. The first-order chi connectivity index (χ1) is 9.97. The van der Waals surface area contributed by atoms with Gasteiger partial charge in [0, 0.05) is 35.5 Å². The van der Waals surface area contributed by atoms with Gasteiger partial charge < -0.3 is 10.2 Å². The van der Waals surface area contributed by atoms with Gasteiger partial charge in [-0.1, -0.05) is 34.6 Å². The molecule has 0 aliphatic carbocycles. The lowest BCUT2D eigenvalue weighted by Crippen LogP contribution is -2.36. The molecule has 1 N–H and O–H groups in total. The van der Waals surface area contributed by atoms with Crippen LogP contribution in [0, 0.1) is 5.92 Å². The molecule has 1 aromatic rings. The summed E-state index contributed by atoms with van der Waals surface area (Å²) in [6.45, 7) is 15.6. The summed E-state index contributed by atoms with van der Waals surface area (Å²) in [6, 6.07) is 0. The molecular weight excluding hydrogens is 298 g/mol. The van der Waals surface area contributed by atoms with Crippen molar-refractivity contribution in [1.29, 1.82) is 0 Å². The van der Waals surface area contributed by atoms with Crippen LogP contribution in [0.3, 0.4) is 0 Å². The molecule has 21 heavy (non-hydrogen) atoms. The van der Waals surface area contributed by atoms with E-state index in [0.29, 0.717) is 17.1 Å². The summed E-state index contributed by atoms with van der Waals surface area (Å²) in [4.78, 5) is 8.86. The third kappa shape index (κ3) is 4.86. The van der Waals surface area contributed by atoms with Crippen LogP contribution in [0.5, 0.6) is 0 Å². The van der Waals surface area contributed by atoms with Crippen molar-refractivity contribution in [3.8, 4) is 0 Å². The summed E-state index contributed by atoms with van der Waals surface area (Å²) in [5, 5.41) is 5.51. The molecule has 0 amide bonds. The smallest absolute Gasteiger partial charge is 0.185 e. The van der Waals surface area contributed by atoms with Crippen LogP contribution < -0.4 is 10.2 Å². The molecule has 1 aromatic heterocycles. The van der Waals surface area contributed by atoms with E-state index in [1.807, 2.05) is 11.3 Å². The predicted octanol–water partition coefficient (Wildman–Crippen LogP) is 3.95. The fourth-order valence-electron chi connectivity index (χ4n) is 2.53. The van der Waals surface area contributed by atoms with Crippen LogP contribution >= 0.6 is 23.1 Å². The first-order valence-electron chi connectivity index (χ1n) is 8.04. The molecule has 0 spiro atoms. The Morgan fingerprint density at radius 3 is 2.71 bits per heavy atom. The van der Waals surface area contributed by atoms with Crippen LogP contribution in [0.25, 0.3) is 0 Å². The van der Waals surface area contributed by atoms with Gasteiger partial charge in [0.1, 0.15) is 0 Å². The predicted molar refractivity (Wildman–Crippen MR) is 96.9 cm³/mol. The van der Waals surface area contributed by atoms with Crippen LogP contribution in [-0.4, -0.2) is 35.6 Å². The number of thiazole rings is 1. The van der Waals surface area contributed by atoms with Gasteiger partial charge in [-0.05, 0) is 18.4 Å². The van der Waals surface area contributed by atoms with Crippen molar-refractivity contribution >= 4 is 28.2 Å². The van der Waals surface area contributed by atoms with E-state index in [0.717, 1.165) is 26.2 Å². The zero-order chi connectivity index (χ0) is 15.4.